The molecule has 4 aliphatic carbocycles. The third-order valence-electron chi connectivity index (χ3n) is 8.74. The van der Waals surface area contributed by atoms with Crippen molar-refractivity contribution in [1.82, 2.24) is 0 Å². The van der Waals surface area contributed by atoms with Crippen LogP contribution < -0.4 is 0 Å². The molecule has 5 rings (SSSR count). The third-order valence-corrected chi connectivity index (χ3v) is 8.74. The standard InChI is InChI=1S/C25H30O3/c1-23-12-10-22-20(8-7-18-15-19(26)9-14-25(18,22)28)21(23)11-13-24(23,27)16-17-5-3-2-4-6-17/h2-6,9,14-15,20-22,27-28H,7-8,10-13,16H2,1H3/t20-,21-,22-,23-,24+,25+/m0/s1. The van der Waals surface area contributed by atoms with Gasteiger partial charge in [0.2, 0.25) is 0 Å². The first-order chi connectivity index (χ1) is 13.4. The Morgan fingerprint density at radius 1 is 1.04 bits per heavy atom. The number of rotatable bonds is 2. The van der Waals surface area contributed by atoms with E-state index in [0.717, 1.165) is 44.1 Å². The first kappa shape index (κ1) is 18.3. The molecule has 4 aliphatic rings. The predicted octanol–water partition coefficient (Wildman–Crippen LogP) is 3.99. The number of benzene rings is 1. The largest absolute Gasteiger partial charge is 0.389 e. The molecule has 2 N–H and O–H groups in total. The summed E-state index contributed by atoms with van der Waals surface area (Å²) < 4.78 is 0. The first-order valence-corrected chi connectivity index (χ1v) is 10.8. The Kier molecular flexibility index (Phi) is 4.02. The number of aliphatic hydroxyl groups is 2. The maximum atomic E-state index is 11.8. The van der Waals surface area contributed by atoms with Gasteiger partial charge in [-0.2, -0.15) is 0 Å². The molecular formula is C25H30O3. The van der Waals surface area contributed by atoms with Gasteiger partial charge in [0.05, 0.1) is 5.60 Å². The fourth-order valence-corrected chi connectivity index (χ4v) is 7.18. The Labute approximate surface area is 167 Å². The number of hydrogen-bond donors (Lipinski definition) is 2. The first-order valence-electron chi connectivity index (χ1n) is 10.8. The predicted molar refractivity (Wildman–Crippen MR) is 109 cm³/mol. The molecule has 0 amide bonds. The molecule has 0 heterocycles. The SMILES string of the molecule is C[C@]12CC[C@H]3[C@@H](CCC4=CC(=O)C=C[C@@]43O)[C@@H]1CC[C@@]2(O)Cc1ccccc1. The van der Waals surface area contributed by atoms with Gasteiger partial charge in [-0.05, 0) is 91.1 Å². The van der Waals surface area contributed by atoms with Crippen molar-refractivity contribution in [3.8, 4) is 0 Å². The molecule has 3 heteroatoms. The normalized spacial score (nSPS) is 44.5. The van der Waals surface area contributed by atoms with Gasteiger partial charge in [-0.1, -0.05) is 37.3 Å². The van der Waals surface area contributed by atoms with Crippen molar-refractivity contribution in [1.29, 1.82) is 0 Å². The van der Waals surface area contributed by atoms with Crippen LogP contribution in [0.3, 0.4) is 0 Å². The second-order valence-electron chi connectivity index (χ2n) is 9.83. The minimum Gasteiger partial charge on any atom is -0.389 e. The van der Waals surface area contributed by atoms with Crippen molar-refractivity contribution in [3.05, 3.63) is 59.7 Å². The van der Waals surface area contributed by atoms with E-state index in [1.807, 2.05) is 18.2 Å². The highest BCUT2D eigenvalue weighted by atomic mass is 16.3. The minimum atomic E-state index is -0.960. The second kappa shape index (κ2) is 6.14. The van der Waals surface area contributed by atoms with Crippen molar-refractivity contribution in [2.75, 3.05) is 0 Å². The summed E-state index contributed by atoms with van der Waals surface area (Å²) in [5.74, 6) is 0.992. The van der Waals surface area contributed by atoms with E-state index in [2.05, 4.69) is 19.1 Å². The Morgan fingerprint density at radius 2 is 1.79 bits per heavy atom. The Balaban J connectivity index is 1.45. The van der Waals surface area contributed by atoms with Crippen molar-refractivity contribution in [2.45, 2.75) is 63.1 Å². The topological polar surface area (TPSA) is 57.5 Å². The van der Waals surface area contributed by atoms with E-state index in [1.165, 1.54) is 5.56 Å². The highest BCUT2D eigenvalue weighted by Crippen LogP contribution is 2.65. The maximum Gasteiger partial charge on any atom is 0.178 e. The zero-order valence-electron chi connectivity index (χ0n) is 16.6. The van der Waals surface area contributed by atoms with E-state index in [0.29, 0.717) is 18.3 Å². The average molecular weight is 379 g/mol. The molecule has 3 nitrogen and oxygen atoms in total. The lowest BCUT2D eigenvalue weighted by Crippen LogP contribution is -2.57. The lowest BCUT2D eigenvalue weighted by Gasteiger charge is -2.57. The quantitative estimate of drug-likeness (QED) is 0.818. The van der Waals surface area contributed by atoms with Gasteiger partial charge in [-0.3, -0.25) is 4.79 Å². The van der Waals surface area contributed by atoms with E-state index in [9.17, 15) is 15.0 Å². The highest BCUT2D eigenvalue weighted by Gasteiger charge is 2.64. The fraction of sp³-hybridized carbons (Fsp3) is 0.560. The zero-order valence-corrected chi connectivity index (χ0v) is 16.6. The number of carbonyl (C=O) groups excluding carboxylic acids is 1. The molecule has 0 saturated heterocycles. The van der Waals surface area contributed by atoms with E-state index in [1.54, 1.807) is 18.2 Å². The van der Waals surface area contributed by atoms with Crippen LogP contribution in [0.5, 0.6) is 0 Å². The van der Waals surface area contributed by atoms with Crippen LogP contribution in [0.25, 0.3) is 0 Å². The molecule has 0 aromatic heterocycles. The average Bonchev–Trinajstić information content (AvgIpc) is 2.94. The molecule has 1 aromatic rings. The van der Waals surface area contributed by atoms with Crippen molar-refractivity contribution >= 4 is 5.78 Å². The molecule has 28 heavy (non-hydrogen) atoms. The molecule has 148 valence electrons. The van der Waals surface area contributed by atoms with Gasteiger partial charge in [-0.15, -0.1) is 0 Å². The molecule has 1 aromatic carbocycles. The van der Waals surface area contributed by atoms with Gasteiger partial charge in [0.25, 0.3) is 0 Å². The van der Waals surface area contributed by atoms with Gasteiger partial charge in [0, 0.05) is 6.42 Å². The maximum absolute atomic E-state index is 11.8. The molecule has 6 atom stereocenters. The fourth-order valence-electron chi connectivity index (χ4n) is 7.18. The summed E-state index contributed by atoms with van der Waals surface area (Å²) in [7, 11) is 0. The Hall–Kier alpha value is -1.71. The van der Waals surface area contributed by atoms with Crippen LogP contribution >= 0.6 is 0 Å². The molecule has 0 aliphatic heterocycles. The van der Waals surface area contributed by atoms with Crippen molar-refractivity contribution in [3.63, 3.8) is 0 Å². The summed E-state index contributed by atoms with van der Waals surface area (Å²) in [5, 5.41) is 23.3. The summed E-state index contributed by atoms with van der Waals surface area (Å²) in [6, 6.07) is 10.3. The molecule has 0 spiro atoms. The van der Waals surface area contributed by atoms with Gasteiger partial charge in [0.15, 0.2) is 5.78 Å². The summed E-state index contributed by atoms with van der Waals surface area (Å²) in [6.45, 7) is 2.29. The summed E-state index contributed by atoms with van der Waals surface area (Å²) in [4.78, 5) is 11.8. The van der Waals surface area contributed by atoms with Crippen molar-refractivity contribution in [2.24, 2.45) is 23.2 Å². The van der Waals surface area contributed by atoms with Crippen LogP contribution in [0.2, 0.25) is 0 Å². The minimum absolute atomic E-state index is 0.00289. The van der Waals surface area contributed by atoms with Gasteiger partial charge >= 0.3 is 0 Å². The number of ketones is 1. The molecular weight excluding hydrogens is 348 g/mol. The molecule has 0 radical (unpaired) electrons. The number of fused-ring (bicyclic) bond motifs is 5. The number of allylic oxidation sites excluding steroid dienone is 2. The van der Waals surface area contributed by atoms with Crippen LogP contribution in [0.1, 0.15) is 51.0 Å². The van der Waals surface area contributed by atoms with Gasteiger partial charge in [0.1, 0.15) is 5.60 Å². The number of hydrogen-bond acceptors (Lipinski definition) is 3. The van der Waals surface area contributed by atoms with Crippen LogP contribution in [-0.4, -0.2) is 27.2 Å². The summed E-state index contributed by atoms with van der Waals surface area (Å²) in [6.07, 6.45) is 11.2. The molecule has 3 fully saturated rings. The van der Waals surface area contributed by atoms with E-state index in [-0.39, 0.29) is 17.1 Å². The molecule has 0 unspecified atom stereocenters. The second-order valence-corrected chi connectivity index (χ2v) is 9.83. The van der Waals surface area contributed by atoms with Crippen LogP contribution in [0.4, 0.5) is 0 Å². The monoisotopic (exact) mass is 378 g/mol. The molecule has 3 saturated carbocycles. The summed E-state index contributed by atoms with van der Waals surface area (Å²) in [5.41, 5.74) is 0.354. The summed E-state index contributed by atoms with van der Waals surface area (Å²) >= 11 is 0. The van der Waals surface area contributed by atoms with E-state index < -0.39 is 11.2 Å². The van der Waals surface area contributed by atoms with Gasteiger partial charge in [-0.25, -0.2) is 0 Å². The van der Waals surface area contributed by atoms with Crippen LogP contribution in [-0.2, 0) is 11.2 Å². The Morgan fingerprint density at radius 3 is 2.57 bits per heavy atom. The number of carbonyl (C=O) groups is 1. The lowest BCUT2D eigenvalue weighted by atomic mass is 9.49. The smallest absolute Gasteiger partial charge is 0.178 e. The van der Waals surface area contributed by atoms with E-state index >= 15 is 0 Å². The Bertz CT molecular complexity index is 856. The van der Waals surface area contributed by atoms with Crippen LogP contribution in [0.15, 0.2) is 54.1 Å². The lowest BCUT2D eigenvalue weighted by molar-refractivity contribution is -0.135. The third kappa shape index (κ3) is 2.45. The zero-order chi connectivity index (χ0) is 19.6. The van der Waals surface area contributed by atoms with Crippen LogP contribution in [0, 0.1) is 23.2 Å². The van der Waals surface area contributed by atoms with E-state index in [4.69, 9.17) is 0 Å². The molecule has 0 bridgehead atoms. The van der Waals surface area contributed by atoms with Gasteiger partial charge < -0.3 is 10.2 Å². The van der Waals surface area contributed by atoms with Crippen molar-refractivity contribution < 1.29 is 15.0 Å². The highest BCUT2D eigenvalue weighted by molar-refractivity contribution is 6.01.